The molecule has 1 heterocycles. The molecule has 2 aromatic rings. The van der Waals surface area contributed by atoms with Crippen LogP contribution in [0.4, 0.5) is 0 Å². The van der Waals surface area contributed by atoms with Crippen molar-refractivity contribution >= 4 is 5.97 Å². The molecule has 0 aliphatic heterocycles. The Labute approximate surface area is 111 Å². The molecular weight excluding hydrogens is 242 g/mol. The first-order valence-corrected chi connectivity index (χ1v) is 5.88. The molecular formula is C14H15N3O2. The summed E-state index contributed by atoms with van der Waals surface area (Å²) in [6, 6.07) is 9.69. The van der Waals surface area contributed by atoms with Gasteiger partial charge < -0.3 is 10.4 Å². The topological polar surface area (TPSA) is 67.2 Å². The SMILES string of the molecule is C=C(CNCc1ccccc1-n1cccn1)C(=O)O. The maximum Gasteiger partial charge on any atom is 0.332 e. The minimum atomic E-state index is -0.979. The number of para-hydroxylation sites is 1. The van der Waals surface area contributed by atoms with E-state index in [0.29, 0.717) is 6.54 Å². The number of rotatable bonds is 6. The van der Waals surface area contributed by atoms with Gasteiger partial charge in [0.2, 0.25) is 0 Å². The summed E-state index contributed by atoms with van der Waals surface area (Å²) in [4.78, 5) is 10.6. The van der Waals surface area contributed by atoms with E-state index in [1.165, 1.54) is 0 Å². The van der Waals surface area contributed by atoms with E-state index in [0.717, 1.165) is 11.3 Å². The van der Waals surface area contributed by atoms with Gasteiger partial charge in [-0.3, -0.25) is 0 Å². The average Bonchev–Trinajstić information content (AvgIpc) is 2.93. The highest BCUT2D eigenvalue weighted by molar-refractivity contribution is 5.86. The quantitative estimate of drug-likeness (QED) is 0.771. The molecule has 0 radical (unpaired) electrons. The Kier molecular flexibility index (Phi) is 4.10. The fourth-order valence-corrected chi connectivity index (χ4v) is 1.72. The van der Waals surface area contributed by atoms with Crippen LogP contribution in [0, 0.1) is 0 Å². The zero-order chi connectivity index (χ0) is 13.7. The highest BCUT2D eigenvalue weighted by atomic mass is 16.4. The second kappa shape index (κ2) is 5.97. The number of aliphatic carboxylic acids is 1. The Morgan fingerprint density at radius 1 is 1.37 bits per heavy atom. The van der Waals surface area contributed by atoms with Gasteiger partial charge in [-0.2, -0.15) is 5.10 Å². The van der Waals surface area contributed by atoms with E-state index in [9.17, 15) is 4.79 Å². The van der Waals surface area contributed by atoms with E-state index in [1.807, 2.05) is 36.5 Å². The van der Waals surface area contributed by atoms with Gasteiger partial charge in [0.25, 0.3) is 0 Å². The van der Waals surface area contributed by atoms with Gasteiger partial charge in [0.05, 0.1) is 5.69 Å². The summed E-state index contributed by atoms with van der Waals surface area (Å²) in [6.07, 6.45) is 3.59. The van der Waals surface area contributed by atoms with Crippen molar-refractivity contribution in [2.75, 3.05) is 6.54 Å². The predicted octanol–water partition coefficient (Wildman–Crippen LogP) is 1.60. The van der Waals surface area contributed by atoms with Crippen LogP contribution in [0.2, 0.25) is 0 Å². The number of hydrogen-bond donors (Lipinski definition) is 2. The molecule has 0 unspecified atom stereocenters. The molecule has 2 rings (SSSR count). The third-order valence-electron chi connectivity index (χ3n) is 2.70. The van der Waals surface area contributed by atoms with Gasteiger partial charge in [-0.05, 0) is 17.7 Å². The van der Waals surface area contributed by atoms with Crippen LogP contribution in [-0.4, -0.2) is 27.4 Å². The minimum Gasteiger partial charge on any atom is -0.478 e. The summed E-state index contributed by atoms with van der Waals surface area (Å²) in [5.41, 5.74) is 2.17. The molecule has 0 spiro atoms. The summed E-state index contributed by atoms with van der Waals surface area (Å²) < 4.78 is 1.78. The summed E-state index contributed by atoms with van der Waals surface area (Å²) in [5, 5.41) is 16.0. The highest BCUT2D eigenvalue weighted by Gasteiger charge is 2.06. The standard InChI is InChI=1S/C14H15N3O2/c1-11(14(18)19)9-15-10-12-5-2-3-6-13(12)17-8-4-7-16-17/h2-8,15H,1,9-10H2,(H,18,19). The zero-order valence-electron chi connectivity index (χ0n) is 10.4. The first-order valence-electron chi connectivity index (χ1n) is 5.88. The number of aromatic nitrogens is 2. The molecule has 1 aromatic heterocycles. The van der Waals surface area contributed by atoms with Gasteiger partial charge >= 0.3 is 5.97 Å². The Balaban J connectivity index is 2.05. The van der Waals surface area contributed by atoms with Gasteiger partial charge in [0.1, 0.15) is 0 Å². The normalized spacial score (nSPS) is 10.3. The lowest BCUT2D eigenvalue weighted by Crippen LogP contribution is -2.20. The van der Waals surface area contributed by atoms with Crippen molar-refractivity contribution in [2.45, 2.75) is 6.54 Å². The number of carbonyl (C=O) groups is 1. The van der Waals surface area contributed by atoms with Crippen molar-refractivity contribution in [3.63, 3.8) is 0 Å². The van der Waals surface area contributed by atoms with Crippen molar-refractivity contribution in [2.24, 2.45) is 0 Å². The van der Waals surface area contributed by atoms with Crippen LogP contribution >= 0.6 is 0 Å². The fourth-order valence-electron chi connectivity index (χ4n) is 1.72. The second-order valence-corrected chi connectivity index (χ2v) is 4.09. The summed E-state index contributed by atoms with van der Waals surface area (Å²) in [6.45, 7) is 4.29. The number of nitrogens with zero attached hydrogens (tertiary/aromatic N) is 2. The Morgan fingerprint density at radius 3 is 2.84 bits per heavy atom. The Bertz CT molecular complexity index is 576. The molecule has 0 aliphatic carbocycles. The lowest BCUT2D eigenvalue weighted by Gasteiger charge is -2.10. The average molecular weight is 257 g/mol. The molecule has 1 aromatic carbocycles. The largest absolute Gasteiger partial charge is 0.478 e. The van der Waals surface area contributed by atoms with Crippen LogP contribution in [0.3, 0.4) is 0 Å². The molecule has 0 saturated heterocycles. The minimum absolute atomic E-state index is 0.150. The fraction of sp³-hybridized carbons (Fsp3) is 0.143. The van der Waals surface area contributed by atoms with Gasteiger partial charge in [0.15, 0.2) is 0 Å². The van der Waals surface area contributed by atoms with Crippen LogP contribution in [0.15, 0.2) is 54.9 Å². The number of carboxylic acid groups (broad SMARTS) is 1. The van der Waals surface area contributed by atoms with Gasteiger partial charge in [0, 0.05) is 31.1 Å². The van der Waals surface area contributed by atoms with Gasteiger partial charge in [-0.25, -0.2) is 9.48 Å². The monoisotopic (exact) mass is 257 g/mol. The van der Waals surface area contributed by atoms with Crippen molar-refractivity contribution in [1.29, 1.82) is 0 Å². The van der Waals surface area contributed by atoms with E-state index < -0.39 is 5.97 Å². The van der Waals surface area contributed by atoms with E-state index in [1.54, 1.807) is 10.9 Å². The van der Waals surface area contributed by atoms with Crippen LogP contribution < -0.4 is 5.32 Å². The van der Waals surface area contributed by atoms with E-state index in [2.05, 4.69) is 17.0 Å². The number of nitrogens with one attached hydrogen (secondary N) is 1. The molecule has 0 bridgehead atoms. The van der Waals surface area contributed by atoms with Crippen molar-refractivity contribution in [3.8, 4) is 5.69 Å². The van der Waals surface area contributed by atoms with Gasteiger partial charge in [-0.1, -0.05) is 24.8 Å². The summed E-state index contributed by atoms with van der Waals surface area (Å²) >= 11 is 0. The van der Waals surface area contributed by atoms with Crippen LogP contribution in [-0.2, 0) is 11.3 Å². The summed E-state index contributed by atoms with van der Waals surface area (Å²) in [5.74, 6) is -0.979. The molecule has 5 nitrogen and oxygen atoms in total. The maximum absolute atomic E-state index is 10.6. The van der Waals surface area contributed by atoms with Crippen LogP contribution in [0.25, 0.3) is 5.69 Å². The van der Waals surface area contributed by atoms with Crippen LogP contribution in [0.5, 0.6) is 0 Å². The molecule has 19 heavy (non-hydrogen) atoms. The maximum atomic E-state index is 10.6. The van der Waals surface area contributed by atoms with E-state index in [4.69, 9.17) is 5.11 Å². The van der Waals surface area contributed by atoms with Crippen molar-refractivity contribution in [1.82, 2.24) is 15.1 Å². The first-order chi connectivity index (χ1) is 9.18. The number of carboxylic acids is 1. The molecule has 0 fully saturated rings. The van der Waals surface area contributed by atoms with Gasteiger partial charge in [-0.15, -0.1) is 0 Å². The predicted molar refractivity (Wildman–Crippen MR) is 72.0 cm³/mol. The second-order valence-electron chi connectivity index (χ2n) is 4.09. The third-order valence-corrected chi connectivity index (χ3v) is 2.70. The lowest BCUT2D eigenvalue weighted by atomic mass is 10.1. The Hall–Kier alpha value is -2.40. The molecule has 0 amide bonds. The smallest absolute Gasteiger partial charge is 0.332 e. The first kappa shape index (κ1) is 13.0. The van der Waals surface area contributed by atoms with Crippen molar-refractivity contribution < 1.29 is 9.90 Å². The van der Waals surface area contributed by atoms with E-state index in [-0.39, 0.29) is 12.1 Å². The highest BCUT2D eigenvalue weighted by Crippen LogP contribution is 2.13. The third kappa shape index (κ3) is 3.29. The molecule has 98 valence electrons. The zero-order valence-corrected chi connectivity index (χ0v) is 10.4. The van der Waals surface area contributed by atoms with E-state index >= 15 is 0 Å². The number of hydrogen-bond acceptors (Lipinski definition) is 3. The number of benzene rings is 1. The Morgan fingerprint density at radius 2 is 2.16 bits per heavy atom. The molecule has 0 saturated carbocycles. The lowest BCUT2D eigenvalue weighted by molar-refractivity contribution is -0.132. The molecule has 2 N–H and O–H groups in total. The summed E-state index contributed by atoms with van der Waals surface area (Å²) in [7, 11) is 0. The molecule has 5 heteroatoms. The van der Waals surface area contributed by atoms with Crippen molar-refractivity contribution in [3.05, 3.63) is 60.4 Å². The van der Waals surface area contributed by atoms with Crippen LogP contribution in [0.1, 0.15) is 5.56 Å². The molecule has 0 atom stereocenters. The molecule has 0 aliphatic rings.